The number of Topliss-reactive ketones (excluding diaryl/α,β-unsaturated/α-hetero) is 1. The predicted molar refractivity (Wildman–Crippen MR) is 149 cm³/mol. The second kappa shape index (κ2) is 11.3. The maximum absolute atomic E-state index is 13.4. The van der Waals surface area contributed by atoms with Crippen LogP contribution in [-0.4, -0.2) is 41.0 Å². The smallest absolute Gasteiger partial charge is 0.350 e. The topological polar surface area (TPSA) is 106 Å². The van der Waals surface area contributed by atoms with E-state index in [0.717, 1.165) is 14.9 Å². The zero-order valence-corrected chi connectivity index (χ0v) is 23.0. The third-order valence-electron chi connectivity index (χ3n) is 5.56. The Hall–Kier alpha value is -3.51. The van der Waals surface area contributed by atoms with Crippen LogP contribution in [0.25, 0.3) is 5.76 Å². The zero-order valence-electron chi connectivity index (χ0n) is 20.1. The third kappa shape index (κ3) is 5.30. The maximum Gasteiger partial charge on any atom is 0.350 e. The molecule has 1 aliphatic rings. The van der Waals surface area contributed by atoms with E-state index < -0.39 is 23.7 Å². The van der Waals surface area contributed by atoms with Gasteiger partial charge in [0.05, 0.1) is 23.9 Å². The van der Waals surface area contributed by atoms with Gasteiger partial charge in [0.15, 0.2) is 5.13 Å². The van der Waals surface area contributed by atoms with Crippen LogP contribution in [0.1, 0.15) is 39.5 Å². The summed E-state index contributed by atoms with van der Waals surface area (Å²) in [6.45, 7) is 7.45. The lowest BCUT2D eigenvalue weighted by atomic mass is 9.95. The van der Waals surface area contributed by atoms with Crippen LogP contribution in [-0.2, 0) is 14.3 Å². The summed E-state index contributed by atoms with van der Waals surface area (Å²) in [5, 5.41) is 11.5. The highest BCUT2D eigenvalue weighted by Crippen LogP contribution is 2.44. The number of esters is 1. The van der Waals surface area contributed by atoms with Crippen molar-refractivity contribution in [3.8, 4) is 5.75 Å². The Morgan fingerprint density at radius 3 is 2.65 bits per heavy atom. The molecule has 1 amide bonds. The number of aliphatic hydroxyl groups is 1. The van der Waals surface area contributed by atoms with Gasteiger partial charge in [0, 0.05) is 9.13 Å². The molecule has 1 unspecified atom stereocenters. The molecule has 0 radical (unpaired) electrons. The normalized spacial score (nSPS) is 16.6. The van der Waals surface area contributed by atoms with Crippen LogP contribution < -0.4 is 9.64 Å². The quantitative estimate of drug-likeness (QED) is 0.0885. The molecule has 1 saturated heterocycles. The standard InChI is InChI=1S/C27H23IN2O6S/c1-4-13-36-26(34)24-15(3)29-27(37-24)30-21(16-9-11-18(28)12-10-16)20(23(32)25(30)33)22(31)17-7-6-8-19(14-17)35-5-2/h4,6-12,14,21,31H,1,5,13H2,2-3H3/b22-20+. The number of nitrogens with zero attached hydrogens (tertiary/aromatic N) is 2. The van der Waals surface area contributed by atoms with E-state index >= 15 is 0 Å². The summed E-state index contributed by atoms with van der Waals surface area (Å²) < 4.78 is 11.6. The number of ketones is 1. The molecule has 1 atom stereocenters. The second-order valence-corrected chi connectivity index (χ2v) is 10.2. The lowest BCUT2D eigenvalue weighted by Crippen LogP contribution is -2.29. The Bertz CT molecular complexity index is 1410. The van der Waals surface area contributed by atoms with Gasteiger partial charge in [-0.05, 0) is 66.3 Å². The molecule has 4 rings (SSSR count). The molecular formula is C27H23IN2O6S. The lowest BCUT2D eigenvalue weighted by Gasteiger charge is -2.23. The minimum Gasteiger partial charge on any atom is -0.507 e. The van der Waals surface area contributed by atoms with Gasteiger partial charge in [-0.1, -0.05) is 48.3 Å². The van der Waals surface area contributed by atoms with Gasteiger partial charge in [-0.2, -0.15) is 0 Å². The van der Waals surface area contributed by atoms with E-state index in [1.165, 1.54) is 11.0 Å². The van der Waals surface area contributed by atoms with Crippen LogP contribution in [0.2, 0.25) is 0 Å². The molecule has 1 N–H and O–H groups in total. The molecule has 190 valence electrons. The number of thiazole rings is 1. The van der Waals surface area contributed by atoms with Crippen LogP contribution in [0.5, 0.6) is 5.75 Å². The Labute approximate surface area is 231 Å². The Morgan fingerprint density at radius 2 is 1.97 bits per heavy atom. The molecule has 37 heavy (non-hydrogen) atoms. The molecular weight excluding hydrogens is 607 g/mol. The van der Waals surface area contributed by atoms with E-state index in [1.54, 1.807) is 43.3 Å². The van der Waals surface area contributed by atoms with Crippen molar-refractivity contribution >= 4 is 62.5 Å². The minimum atomic E-state index is -0.963. The number of benzene rings is 2. The zero-order chi connectivity index (χ0) is 26.7. The first-order valence-electron chi connectivity index (χ1n) is 11.3. The summed E-state index contributed by atoms with van der Waals surface area (Å²) in [5.74, 6) is -2.12. The van der Waals surface area contributed by atoms with Gasteiger partial charge < -0.3 is 14.6 Å². The number of aliphatic hydroxyl groups excluding tert-OH is 1. The molecule has 2 aromatic carbocycles. The molecule has 0 bridgehead atoms. The van der Waals surface area contributed by atoms with Crippen LogP contribution in [0, 0.1) is 10.5 Å². The number of aromatic nitrogens is 1. The summed E-state index contributed by atoms with van der Waals surface area (Å²) >= 11 is 3.11. The third-order valence-corrected chi connectivity index (χ3v) is 7.41. The number of carbonyl (C=O) groups excluding carboxylic acids is 3. The molecule has 3 aromatic rings. The highest BCUT2D eigenvalue weighted by molar-refractivity contribution is 14.1. The molecule has 0 aliphatic carbocycles. The fraction of sp³-hybridized carbons (Fsp3) is 0.185. The predicted octanol–water partition coefficient (Wildman–Crippen LogP) is 5.42. The molecule has 1 fully saturated rings. The SMILES string of the molecule is C=CCOC(=O)c1sc(N2C(=O)C(=O)/C(=C(/O)c3cccc(OCC)c3)C2c2ccc(I)cc2)nc1C. The van der Waals surface area contributed by atoms with Crippen LogP contribution in [0.15, 0.2) is 66.8 Å². The maximum atomic E-state index is 13.4. The van der Waals surface area contributed by atoms with Crippen molar-refractivity contribution in [2.75, 3.05) is 18.1 Å². The summed E-state index contributed by atoms with van der Waals surface area (Å²) in [6.07, 6.45) is 1.45. The van der Waals surface area contributed by atoms with Gasteiger partial charge in [0.1, 0.15) is 23.0 Å². The molecule has 1 aliphatic heterocycles. The van der Waals surface area contributed by atoms with E-state index in [1.807, 2.05) is 19.1 Å². The van der Waals surface area contributed by atoms with E-state index in [9.17, 15) is 19.5 Å². The molecule has 10 heteroatoms. The van der Waals surface area contributed by atoms with E-state index in [4.69, 9.17) is 9.47 Å². The van der Waals surface area contributed by atoms with Gasteiger partial charge in [-0.15, -0.1) is 0 Å². The van der Waals surface area contributed by atoms with Crippen molar-refractivity contribution in [2.24, 2.45) is 0 Å². The van der Waals surface area contributed by atoms with E-state index in [0.29, 0.717) is 29.2 Å². The van der Waals surface area contributed by atoms with Crippen molar-refractivity contribution < 1.29 is 29.0 Å². The van der Waals surface area contributed by atoms with Gasteiger partial charge in [0.2, 0.25) is 0 Å². The molecule has 0 spiro atoms. The Kier molecular flexibility index (Phi) is 8.08. The number of amides is 1. The summed E-state index contributed by atoms with van der Waals surface area (Å²) in [6, 6.07) is 13.0. The summed E-state index contributed by atoms with van der Waals surface area (Å²) in [5.41, 5.74) is 1.22. The van der Waals surface area contributed by atoms with Crippen LogP contribution in [0.4, 0.5) is 5.13 Å². The number of anilines is 1. The Balaban J connectivity index is 1.87. The first kappa shape index (κ1) is 26.6. The van der Waals surface area contributed by atoms with E-state index in [-0.39, 0.29) is 27.9 Å². The number of hydrogen-bond acceptors (Lipinski definition) is 8. The molecule has 0 saturated carbocycles. The number of carbonyl (C=O) groups is 3. The van der Waals surface area contributed by atoms with Crippen molar-refractivity contribution in [1.29, 1.82) is 0 Å². The van der Waals surface area contributed by atoms with Gasteiger partial charge in [-0.25, -0.2) is 9.78 Å². The Morgan fingerprint density at radius 1 is 1.24 bits per heavy atom. The largest absolute Gasteiger partial charge is 0.507 e. The minimum absolute atomic E-state index is 0.0273. The lowest BCUT2D eigenvalue weighted by molar-refractivity contribution is -0.132. The van der Waals surface area contributed by atoms with Crippen molar-refractivity contribution in [3.63, 3.8) is 0 Å². The number of halogens is 1. The molecule has 1 aromatic heterocycles. The van der Waals surface area contributed by atoms with Gasteiger partial charge in [0.25, 0.3) is 5.78 Å². The number of ether oxygens (including phenoxy) is 2. The monoisotopic (exact) mass is 630 g/mol. The first-order chi connectivity index (χ1) is 17.8. The summed E-state index contributed by atoms with van der Waals surface area (Å²) in [4.78, 5) is 45.1. The highest BCUT2D eigenvalue weighted by atomic mass is 127. The second-order valence-electron chi connectivity index (χ2n) is 7.98. The van der Waals surface area contributed by atoms with Crippen molar-refractivity contribution in [3.05, 3.63) is 92.0 Å². The van der Waals surface area contributed by atoms with Gasteiger partial charge >= 0.3 is 11.9 Å². The molecule has 2 heterocycles. The fourth-order valence-electron chi connectivity index (χ4n) is 3.92. The van der Waals surface area contributed by atoms with Crippen LogP contribution in [0.3, 0.4) is 0 Å². The fourth-order valence-corrected chi connectivity index (χ4v) is 5.27. The van der Waals surface area contributed by atoms with Crippen LogP contribution >= 0.6 is 33.9 Å². The van der Waals surface area contributed by atoms with Gasteiger partial charge in [-0.3, -0.25) is 14.5 Å². The average molecular weight is 630 g/mol. The van der Waals surface area contributed by atoms with E-state index in [2.05, 4.69) is 34.2 Å². The number of aryl methyl sites for hydroxylation is 1. The first-order valence-corrected chi connectivity index (χ1v) is 13.2. The van der Waals surface area contributed by atoms with Crippen molar-refractivity contribution in [2.45, 2.75) is 19.9 Å². The molecule has 8 nitrogen and oxygen atoms in total. The summed E-state index contributed by atoms with van der Waals surface area (Å²) in [7, 11) is 0. The number of rotatable bonds is 8. The highest BCUT2D eigenvalue weighted by Gasteiger charge is 2.48. The number of hydrogen-bond donors (Lipinski definition) is 1. The average Bonchev–Trinajstić information content (AvgIpc) is 3.39. The van der Waals surface area contributed by atoms with Crippen molar-refractivity contribution in [1.82, 2.24) is 4.98 Å².